The van der Waals surface area contributed by atoms with E-state index in [1.54, 1.807) is 26.8 Å². The van der Waals surface area contributed by atoms with Crippen LogP contribution in [0.15, 0.2) is 46.3 Å². The van der Waals surface area contributed by atoms with Crippen LogP contribution in [0.1, 0.15) is 112 Å². The molecular formula is C43H69N3O10. The molecule has 4 rings (SSSR count). The maximum absolute atomic E-state index is 14.3. The SMILES string of the molecule is CO[C@H]1C[C@@H](C)C/C(C)=C/C(/C=C(/C)N)=C(/N)C[C@H](O)[C@@H](C)[C@@H](/C(C)=C/[C@H]2CC[C@H](O)CC2)OC(=O)[C@@H]2CCCCN2C(=O)C(=O)[C@]2(O)O[C@H]1[C@@H](OC)C[C@H]2C. The van der Waals surface area contributed by atoms with E-state index in [-0.39, 0.29) is 43.7 Å². The van der Waals surface area contributed by atoms with Gasteiger partial charge in [0.05, 0.1) is 24.4 Å². The number of nitrogens with two attached hydrogens (primary N) is 2. The maximum Gasteiger partial charge on any atom is 0.329 e. The zero-order valence-corrected chi connectivity index (χ0v) is 34.9. The molecule has 4 aliphatic rings. The van der Waals surface area contributed by atoms with Gasteiger partial charge in [0.15, 0.2) is 0 Å². The molecule has 2 saturated heterocycles. The number of carbonyl (C=O) groups is 3. The minimum atomic E-state index is -2.49. The van der Waals surface area contributed by atoms with E-state index in [9.17, 15) is 29.7 Å². The topological polar surface area (TPSA) is 204 Å². The van der Waals surface area contributed by atoms with Crippen LogP contribution in [0.5, 0.6) is 0 Å². The summed E-state index contributed by atoms with van der Waals surface area (Å²) in [5, 5.41) is 33.9. The van der Waals surface area contributed by atoms with Gasteiger partial charge in [0.1, 0.15) is 18.2 Å². The zero-order chi connectivity index (χ0) is 41.5. The van der Waals surface area contributed by atoms with Gasteiger partial charge in [-0.05, 0) is 114 Å². The Morgan fingerprint density at radius 2 is 1.61 bits per heavy atom. The fourth-order valence-corrected chi connectivity index (χ4v) is 9.04. The highest BCUT2D eigenvalue weighted by molar-refractivity contribution is 6.39. The molecule has 13 heteroatoms. The van der Waals surface area contributed by atoms with Gasteiger partial charge in [-0.15, -0.1) is 0 Å². The Labute approximate surface area is 333 Å². The number of aliphatic hydroxyl groups is 3. The van der Waals surface area contributed by atoms with Crippen molar-refractivity contribution in [2.75, 3.05) is 20.8 Å². The van der Waals surface area contributed by atoms with Gasteiger partial charge in [0.2, 0.25) is 5.79 Å². The van der Waals surface area contributed by atoms with Crippen LogP contribution in [-0.4, -0.2) is 107 Å². The largest absolute Gasteiger partial charge is 0.456 e. The first-order chi connectivity index (χ1) is 26.4. The second-order valence-corrected chi connectivity index (χ2v) is 17.2. The van der Waals surface area contributed by atoms with E-state index in [0.29, 0.717) is 55.5 Å². The van der Waals surface area contributed by atoms with Crippen molar-refractivity contribution in [1.82, 2.24) is 4.90 Å². The standard InChI is InChI=1S/C43H69N3O10/c1-24-17-25(2)19-36(53-7)39-37(54-8)21-27(4)43(52,56-39)40(49)41(50)46-16-10-9-11-34(46)42(51)55-38(26(3)20-30-12-14-32(47)15-13-30)29(6)35(48)23-33(45)31(18-24)22-28(5)44/h18,20,22,25,27,29-30,32,34-39,47-48,52H,9-17,19,21,23,44-45H2,1-8H3/b24-18+,26-20+,28-22-,33-31-/t25-,27+,29+,30-,32-,34-,35-,36-,37-,38+,39+,43+/m0/s1. The molecule has 0 radical (unpaired) electrons. The number of Topliss-reactive ketones (excluding diaryl/α,β-unsaturated/α-hetero) is 1. The first kappa shape index (κ1) is 45.6. The Bertz CT molecular complexity index is 1510. The molecule has 10 atom stereocenters. The number of piperidine rings is 1. The number of ether oxygens (including phenoxy) is 4. The number of methoxy groups -OCH3 is 2. The molecule has 0 unspecified atom stereocenters. The van der Waals surface area contributed by atoms with Gasteiger partial charge in [-0.1, -0.05) is 38.5 Å². The molecule has 2 bridgehead atoms. The molecular weight excluding hydrogens is 718 g/mol. The summed E-state index contributed by atoms with van der Waals surface area (Å²) in [5.41, 5.74) is 16.3. The van der Waals surface area contributed by atoms with Crippen LogP contribution >= 0.6 is 0 Å². The molecule has 3 aliphatic heterocycles. The predicted molar refractivity (Wildman–Crippen MR) is 212 cm³/mol. The number of amides is 1. The quantitative estimate of drug-likeness (QED) is 0.150. The van der Waals surface area contributed by atoms with Crippen molar-refractivity contribution in [3.05, 3.63) is 46.3 Å². The summed E-state index contributed by atoms with van der Waals surface area (Å²) in [6.45, 7) is 11.3. The van der Waals surface area contributed by atoms with E-state index in [4.69, 9.17) is 30.4 Å². The van der Waals surface area contributed by atoms with Crippen LogP contribution in [0.4, 0.5) is 0 Å². The average molecular weight is 788 g/mol. The summed E-state index contributed by atoms with van der Waals surface area (Å²) in [5.74, 6) is -6.61. The molecule has 13 nitrogen and oxygen atoms in total. The highest BCUT2D eigenvalue weighted by atomic mass is 16.7. The van der Waals surface area contributed by atoms with Crippen LogP contribution in [0, 0.1) is 23.7 Å². The number of ketones is 1. The Morgan fingerprint density at radius 3 is 2.23 bits per heavy atom. The van der Waals surface area contributed by atoms with Gasteiger partial charge in [0, 0.05) is 50.4 Å². The number of carbonyl (C=O) groups excluding carboxylic acids is 3. The second-order valence-electron chi connectivity index (χ2n) is 17.2. The van der Waals surface area contributed by atoms with Gasteiger partial charge in [-0.25, -0.2) is 4.79 Å². The number of fused-ring (bicyclic) bond motifs is 3. The van der Waals surface area contributed by atoms with Gasteiger partial charge in [-0.2, -0.15) is 0 Å². The third-order valence-electron chi connectivity index (χ3n) is 12.4. The summed E-state index contributed by atoms with van der Waals surface area (Å²) in [4.78, 5) is 43.9. The average Bonchev–Trinajstić information content (AvgIpc) is 3.15. The van der Waals surface area contributed by atoms with E-state index < -0.39 is 71.8 Å². The Balaban J connectivity index is 1.82. The molecule has 316 valence electrons. The number of hydrogen-bond acceptors (Lipinski definition) is 12. The number of cyclic esters (lactones) is 1. The summed E-state index contributed by atoms with van der Waals surface area (Å²) in [6, 6.07) is -1.10. The Hall–Kier alpha value is -3.07. The third-order valence-corrected chi connectivity index (χ3v) is 12.4. The maximum atomic E-state index is 14.3. The molecule has 1 amide bonds. The van der Waals surface area contributed by atoms with Crippen LogP contribution in [0.25, 0.3) is 0 Å². The molecule has 0 aromatic rings. The lowest BCUT2D eigenvalue weighted by Gasteiger charge is -2.47. The highest BCUT2D eigenvalue weighted by Crippen LogP contribution is 2.39. The van der Waals surface area contributed by atoms with Crippen molar-refractivity contribution in [3.8, 4) is 0 Å². The van der Waals surface area contributed by atoms with Crippen molar-refractivity contribution in [1.29, 1.82) is 0 Å². The lowest BCUT2D eigenvalue weighted by molar-refractivity contribution is -0.302. The van der Waals surface area contributed by atoms with Crippen molar-refractivity contribution in [3.63, 3.8) is 0 Å². The number of rotatable bonds is 5. The normalized spacial score (nSPS) is 40.6. The van der Waals surface area contributed by atoms with Gasteiger partial charge in [0.25, 0.3) is 11.7 Å². The highest BCUT2D eigenvalue weighted by Gasteiger charge is 2.56. The van der Waals surface area contributed by atoms with E-state index in [1.165, 1.54) is 19.1 Å². The molecule has 3 heterocycles. The van der Waals surface area contributed by atoms with Crippen molar-refractivity contribution >= 4 is 17.7 Å². The summed E-state index contributed by atoms with van der Waals surface area (Å²) in [6.07, 6.45) is 7.23. The van der Waals surface area contributed by atoms with Crippen molar-refractivity contribution in [2.24, 2.45) is 35.1 Å². The second kappa shape index (κ2) is 20.1. The van der Waals surface area contributed by atoms with Gasteiger partial charge in [-0.3, -0.25) is 9.59 Å². The monoisotopic (exact) mass is 787 g/mol. The minimum Gasteiger partial charge on any atom is -0.456 e. The minimum absolute atomic E-state index is 0.0347. The molecule has 56 heavy (non-hydrogen) atoms. The number of aliphatic hydroxyl groups excluding tert-OH is 2. The van der Waals surface area contributed by atoms with Crippen molar-refractivity contribution in [2.45, 2.75) is 161 Å². The van der Waals surface area contributed by atoms with Crippen LogP contribution in [0.3, 0.4) is 0 Å². The van der Waals surface area contributed by atoms with E-state index in [1.807, 2.05) is 19.9 Å². The number of allylic oxidation sites excluding steroid dienone is 6. The molecule has 1 saturated carbocycles. The van der Waals surface area contributed by atoms with Crippen LogP contribution in [0.2, 0.25) is 0 Å². The predicted octanol–water partition coefficient (Wildman–Crippen LogP) is 4.33. The Morgan fingerprint density at radius 1 is 0.964 bits per heavy atom. The van der Waals surface area contributed by atoms with Crippen LogP contribution < -0.4 is 11.5 Å². The molecule has 0 spiro atoms. The van der Waals surface area contributed by atoms with Crippen LogP contribution in [-0.2, 0) is 33.3 Å². The van der Waals surface area contributed by atoms with Gasteiger partial charge >= 0.3 is 5.97 Å². The smallest absolute Gasteiger partial charge is 0.329 e. The molecule has 0 aromatic carbocycles. The lowest BCUT2D eigenvalue weighted by Crippen LogP contribution is -2.64. The first-order valence-electron chi connectivity index (χ1n) is 20.6. The van der Waals surface area contributed by atoms with Crippen molar-refractivity contribution < 1.29 is 48.7 Å². The zero-order valence-electron chi connectivity index (χ0n) is 34.9. The number of esters is 1. The lowest BCUT2D eigenvalue weighted by atomic mass is 9.82. The number of hydrogen-bond donors (Lipinski definition) is 5. The summed E-state index contributed by atoms with van der Waals surface area (Å²) < 4.78 is 24.3. The Kier molecular flexibility index (Phi) is 16.4. The molecule has 0 aromatic heterocycles. The summed E-state index contributed by atoms with van der Waals surface area (Å²) >= 11 is 0. The fourth-order valence-electron chi connectivity index (χ4n) is 9.04. The third kappa shape index (κ3) is 11.1. The van der Waals surface area contributed by atoms with E-state index in [0.717, 1.165) is 24.0 Å². The van der Waals surface area contributed by atoms with E-state index in [2.05, 4.69) is 13.0 Å². The molecule has 7 N–H and O–H groups in total. The molecule has 3 fully saturated rings. The number of nitrogens with zero attached hydrogens (tertiary/aromatic N) is 1. The first-order valence-corrected chi connectivity index (χ1v) is 20.6. The fraction of sp³-hybridized carbons (Fsp3) is 0.744. The van der Waals surface area contributed by atoms with Gasteiger partial charge < -0.3 is 50.6 Å². The van der Waals surface area contributed by atoms with E-state index >= 15 is 0 Å². The molecule has 1 aliphatic carbocycles. The summed E-state index contributed by atoms with van der Waals surface area (Å²) in [7, 11) is 3.08.